The van der Waals surface area contributed by atoms with E-state index in [0.29, 0.717) is 6.42 Å². The molecule has 1 aromatic heterocycles. The van der Waals surface area contributed by atoms with Crippen molar-refractivity contribution in [3.05, 3.63) is 72.4 Å². The topological polar surface area (TPSA) is 96.9 Å². The van der Waals surface area contributed by atoms with Crippen LogP contribution in [0.25, 0.3) is 16.5 Å². The first-order valence-electron chi connectivity index (χ1n) is 9.00. The van der Waals surface area contributed by atoms with Crippen LogP contribution in [0, 0.1) is 0 Å². The molecule has 0 aliphatic carbocycles. The van der Waals surface area contributed by atoms with Crippen molar-refractivity contribution in [2.45, 2.75) is 26.3 Å². The maximum atomic E-state index is 11.1. The summed E-state index contributed by atoms with van der Waals surface area (Å²) in [5, 5.41) is 3.81. The molecule has 0 radical (unpaired) electrons. The molecule has 3 rings (SSSR count). The van der Waals surface area contributed by atoms with E-state index in [9.17, 15) is 4.79 Å². The lowest BCUT2D eigenvalue weighted by molar-refractivity contribution is -0.118. The lowest BCUT2D eigenvalue weighted by Crippen LogP contribution is -2.30. The van der Waals surface area contributed by atoms with Crippen LogP contribution in [0.2, 0.25) is 0 Å². The van der Waals surface area contributed by atoms with Gasteiger partial charge in [0.05, 0.1) is 6.04 Å². The zero-order chi connectivity index (χ0) is 21.1. The molecule has 150 valence electrons. The monoisotopic (exact) mass is 398 g/mol. The Kier molecular flexibility index (Phi) is 10.2. The van der Waals surface area contributed by atoms with Crippen molar-refractivity contribution in [2.24, 2.45) is 5.73 Å². The maximum absolute atomic E-state index is 11.1. The Balaban J connectivity index is 0.000000261. The summed E-state index contributed by atoms with van der Waals surface area (Å²) in [6, 6.07) is 15.3. The zero-order valence-corrected chi connectivity index (χ0v) is 18.0. The van der Waals surface area contributed by atoms with E-state index in [2.05, 4.69) is 26.0 Å². The summed E-state index contributed by atoms with van der Waals surface area (Å²) < 4.78 is 0. The molecule has 0 saturated heterocycles. The molecule has 2 unspecified atom stereocenters. The highest BCUT2D eigenvalue weighted by Crippen LogP contribution is 2.19. The SMILES string of the molecule is C=C(C)c1ccccc1N.CC(=O)C(N)Cc1c[nH]c2ccccc12.CNP. The van der Waals surface area contributed by atoms with Gasteiger partial charge in [-0.2, -0.15) is 0 Å². The van der Waals surface area contributed by atoms with Gasteiger partial charge in [-0.3, -0.25) is 4.79 Å². The largest absolute Gasteiger partial charge is 0.398 e. The van der Waals surface area contributed by atoms with E-state index in [-0.39, 0.29) is 5.78 Å². The normalized spacial score (nSPS) is 10.9. The van der Waals surface area contributed by atoms with Crippen molar-refractivity contribution in [3.8, 4) is 0 Å². The third-order valence-corrected chi connectivity index (χ3v) is 4.06. The molecule has 0 spiro atoms. The second kappa shape index (κ2) is 12.1. The molecule has 0 amide bonds. The number of nitrogen functional groups attached to an aromatic ring is 1. The van der Waals surface area contributed by atoms with Crippen LogP contribution in [0.5, 0.6) is 0 Å². The number of benzene rings is 2. The Hall–Kier alpha value is -2.46. The number of H-pyrrole nitrogens is 1. The summed E-state index contributed by atoms with van der Waals surface area (Å²) in [5.74, 6) is 0.0280. The molecular weight excluding hydrogens is 367 g/mol. The second-order valence-corrected chi connectivity index (χ2v) is 7.01. The van der Waals surface area contributed by atoms with Crippen molar-refractivity contribution in [1.29, 1.82) is 0 Å². The van der Waals surface area contributed by atoms with E-state index in [0.717, 1.165) is 33.3 Å². The maximum Gasteiger partial charge on any atom is 0.146 e. The minimum atomic E-state index is -0.399. The van der Waals surface area contributed by atoms with Gasteiger partial charge in [-0.05, 0) is 56.1 Å². The highest BCUT2D eigenvalue weighted by Gasteiger charge is 2.11. The molecule has 0 bridgehead atoms. The van der Waals surface area contributed by atoms with Crippen LogP contribution >= 0.6 is 9.39 Å². The van der Waals surface area contributed by atoms with Gasteiger partial charge in [-0.1, -0.05) is 52.4 Å². The lowest BCUT2D eigenvalue weighted by atomic mass is 10.0. The fraction of sp³-hybridized carbons (Fsp3) is 0.227. The molecule has 28 heavy (non-hydrogen) atoms. The van der Waals surface area contributed by atoms with Crippen LogP contribution in [0.1, 0.15) is 25.0 Å². The van der Waals surface area contributed by atoms with Crippen LogP contribution < -0.4 is 16.6 Å². The molecule has 5 nitrogen and oxygen atoms in total. The number of hydrogen-bond donors (Lipinski definition) is 4. The number of allylic oxidation sites excluding steroid dienone is 1. The number of nitrogens with two attached hydrogens (primary N) is 2. The first-order valence-corrected chi connectivity index (χ1v) is 9.58. The molecule has 1 heterocycles. The van der Waals surface area contributed by atoms with Crippen molar-refractivity contribution in [3.63, 3.8) is 0 Å². The molecule has 2 aromatic carbocycles. The van der Waals surface area contributed by atoms with Gasteiger partial charge in [0.15, 0.2) is 0 Å². The number of ketones is 1. The smallest absolute Gasteiger partial charge is 0.146 e. The molecule has 6 heteroatoms. The minimum absolute atomic E-state index is 0.0280. The van der Waals surface area contributed by atoms with Gasteiger partial charge in [-0.15, -0.1) is 0 Å². The summed E-state index contributed by atoms with van der Waals surface area (Å²) in [4.78, 5) is 14.2. The molecule has 0 aliphatic rings. The molecule has 0 saturated carbocycles. The van der Waals surface area contributed by atoms with Crippen LogP contribution in [0.4, 0.5) is 5.69 Å². The Morgan fingerprint density at radius 1 is 1.18 bits per heavy atom. The standard InChI is InChI=1S/C12H14N2O.C9H11N.CH6NP/c1-8(15)11(13)6-9-7-14-12-5-3-2-4-10(9)12;1-7(2)8-5-3-4-6-9(8)10;1-2-3/h2-5,7,11,14H,6,13H2,1H3;3-6H,1,10H2,2H3;2H,3H2,1H3. The Morgan fingerprint density at radius 2 is 1.75 bits per heavy atom. The van der Waals surface area contributed by atoms with Crippen LogP contribution in [0.3, 0.4) is 0 Å². The van der Waals surface area contributed by atoms with Crippen LogP contribution in [0.15, 0.2) is 61.3 Å². The van der Waals surface area contributed by atoms with E-state index in [1.165, 1.54) is 6.92 Å². The highest BCUT2D eigenvalue weighted by atomic mass is 31.0. The van der Waals surface area contributed by atoms with Gasteiger partial charge in [0.1, 0.15) is 5.78 Å². The number of fused-ring (bicyclic) bond motifs is 1. The number of carbonyl (C=O) groups excluding carboxylic acids is 1. The van der Waals surface area contributed by atoms with Crippen LogP contribution in [-0.2, 0) is 11.2 Å². The molecular formula is C22H31N4OP. The number of Topliss-reactive ketones (excluding diaryl/α,β-unsaturated/α-hetero) is 1. The summed E-state index contributed by atoms with van der Waals surface area (Å²) in [6.45, 7) is 7.28. The number of para-hydroxylation sites is 2. The summed E-state index contributed by atoms with van der Waals surface area (Å²) in [6.07, 6.45) is 2.52. The van der Waals surface area contributed by atoms with E-state index < -0.39 is 6.04 Å². The molecule has 3 aromatic rings. The first kappa shape index (κ1) is 23.6. The second-order valence-electron chi connectivity index (χ2n) is 6.44. The van der Waals surface area contributed by atoms with Crippen LogP contribution in [-0.4, -0.2) is 23.9 Å². The summed E-state index contributed by atoms with van der Waals surface area (Å²) in [7, 11) is 4.17. The number of nitrogens with one attached hydrogen (secondary N) is 2. The number of carbonyl (C=O) groups is 1. The molecule has 0 fully saturated rings. The number of aromatic nitrogens is 1. The van der Waals surface area contributed by atoms with Crippen molar-refractivity contribution < 1.29 is 4.79 Å². The van der Waals surface area contributed by atoms with E-state index in [1.807, 2.05) is 68.7 Å². The van der Waals surface area contributed by atoms with Crippen molar-refractivity contribution in [1.82, 2.24) is 10.1 Å². The molecule has 0 aliphatic heterocycles. The van der Waals surface area contributed by atoms with Crippen molar-refractivity contribution >= 4 is 37.3 Å². The molecule has 6 N–H and O–H groups in total. The molecule has 2 atom stereocenters. The van der Waals surface area contributed by atoms with Crippen molar-refractivity contribution in [2.75, 3.05) is 12.8 Å². The number of hydrogen-bond acceptors (Lipinski definition) is 4. The van der Waals surface area contributed by atoms with E-state index >= 15 is 0 Å². The third kappa shape index (κ3) is 7.28. The third-order valence-electron chi connectivity index (χ3n) is 4.06. The highest BCUT2D eigenvalue weighted by molar-refractivity contribution is 7.13. The predicted octanol–water partition coefficient (Wildman–Crippen LogP) is 3.92. The van der Waals surface area contributed by atoms with Gasteiger partial charge in [0.25, 0.3) is 0 Å². The first-order chi connectivity index (χ1) is 13.3. The van der Waals surface area contributed by atoms with E-state index in [4.69, 9.17) is 11.5 Å². The fourth-order valence-corrected chi connectivity index (χ4v) is 2.57. The number of aromatic amines is 1. The Morgan fingerprint density at radius 3 is 2.29 bits per heavy atom. The minimum Gasteiger partial charge on any atom is -0.398 e. The number of rotatable bonds is 4. The Labute approximate surface area is 169 Å². The van der Waals surface area contributed by atoms with Gasteiger partial charge in [0.2, 0.25) is 0 Å². The lowest BCUT2D eigenvalue weighted by Gasteiger charge is -2.05. The van der Waals surface area contributed by atoms with Gasteiger partial charge in [0, 0.05) is 22.8 Å². The summed E-state index contributed by atoms with van der Waals surface area (Å²) >= 11 is 0. The van der Waals surface area contributed by atoms with Gasteiger partial charge in [-0.25, -0.2) is 0 Å². The predicted molar refractivity (Wildman–Crippen MR) is 125 cm³/mol. The summed E-state index contributed by atoms with van der Waals surface area (Å²) in [5.41, 5.74) is 16.4. The zero-order valence-electron chi connectivity index (χ0n) is 16.8. The van der Waals surface area contributed by atoms with Gasteiger partial charge < -0.3 is 21.5 Å². The Bertz CT molecular complexity index is 904. The fourth-order valence-electron chi connectivity index (χ4n) is 2.57. The van der Waals surface area contributed by atoms with Gasteiger partial charge >= 0.3 is 0 Å². The average molecular weight is 398 g/mol. The van der Waals surface area contributed by atoms with E-state index in [1.54, 1.807) is 0 Å². The quantitative estimate of drug-likeness (QED) is 0.395. The average Bonchev–Trinajstić information content (AvgIpc) is 3.06. The number of anilines is 1.